The third kappa shape index (κ3) is 3.87. The lowest BCUT2D eigenvalue weighted by Gasteiger charge is -2.14. The summed E-state index contributed by atoms with van der Waals surface area (Å²) in [4.78, 5) is 37.1. The van der Waals surface area contributed by atoms with Gasteiger partial charge in [-0.15, -0.1) is 0 Å². The van der Waals surface area contributed by atoms with Crippen LogP contribution >= 0.6 is 0 Å². The Morgan fingerprint density at radius 3 is 2.52 bits per heavy atom. The van der Waals surface area contributed by atoms with Gasteiger partial charge in [0.1, 0.15) is 17.0 Å². The molecule has 0 aliphatic carbocycles. The van der Waals surface area contributed by atoms with Crippen LogP contribution in [0.15, 0.2) is 74.7 Å². The van der Waals surface area contributed by atoms with Gasteiger partial charge < -0.3 is 14.5 Å². The number of para-hydroxylation sites is 1. The number of ether oxygens (including phenoxy) is 1. The van der Waals surface area contributed by atoms with Crippen LogP contribution in [0, 0.1) is 6.92 Å². The molecule has 2 aromatic heterocycles. The molecule has 0 radical (unpaired) electrons. The number of anilines is 1. The van der Waals surface area contributed by atoms with Crippen LogP contribution in [-0.4, -0.2) is 21.4 Å². The fraction of sp³-hybridized carbons (Fsp3) is 0.174. The molecule has 0 unspecified atom stereocenters. The van der Waals surface area contributed by atoms with Crippen molar-refractivity contribution in [3.63, 3.8) is 0 Å². The summed E-state index contributed by atoms with van der Waals surface area (Å²) in [6.07, 6.45) is -0.892. The molecular formula is C23H21N3O5. The zero-order valence-corrected chi connectivity index (χ0v) is 17.3. The Labute approximate surface area is 177 Å². The first-order chi connectivity index (χ1) is 14.8. The summed E-state index contributed by atoms with van der Waals surface area (Å²) in [5.41, 5.74) is 1.06. The standard InChI is InChI=1S/C23H21N3O5/c1-14-21(23(29)26(25(14)3)17-7-5-4-6-8-17)24-22(28)15(2)30-18-11-9-16-10-12-20(27)31-19(16)13-18/h4-13,15H,1-3H3,(H,24,28)/t15-/m1/s1. The average Bonchev–Trinajstić information content (AvgIpc) is 2.97. The Morgan fingerprint density at radius 2 is 1.77 bits per heavy atom. The molecule has 31 heavy (non-hydrogen) atoms. The minimum absolute atomic E-state index is 0.191. The summed E-state index contributed by atoms with van der Waals surface area (Å²) in [7, 11) is 1.75. The van der Waals surface area contributed by atoms with Gasteiger partial charge in [-0.05, 0) is 44.2 Å². The maximum atomic E-state index is 13.0. The van der Waals surface area contributed by atoms with E-state index in [-0.39, 0.29) is 11.2 Å². The Kier molecular flexibility index (Phi) is 5.21. The molecule has 0 bridgehead atoms. The molecule has 4 rings (SSSR count). The minimum atomic E-state index is -0.892. The van der Waals surface area contributed by atoms with E-state index in [1.165, 1.54) is 10.7 Å². The van der Waals surface area contributed by atoms with Crippen LogP contribution in [0.2, 0.25) is 0 Å². The van der Waals surface area contributed by atoms with Crippen molar-refractivity contribution >= 4 is 22.6 Å². The van der Waals surface area contributed by atoms with Crippen molar-refractivity contribution in [2.24, 2.45) is 7.05 Å². The van der Waals surface area contributed by atoms with Gasteiger partial charge in [0.25, 0.3) is 11.5 Å². The molecule has 8 nitrogen and oxygen atoms in total. The topological polar surface area (TPSA) is 95.5 Å². The lowest BCUT2D eigenvalue weighted by molar-refractivity contribution is -0.122. The van der Waals surface area contributed by atoms with Crippen LogP contribution in [-0.2, 0) is 11.8 Å². The first kappa shape index (κ1) is 20.2. The second-order valence-corrected chi connectivity index (χ2v) is 7.14. The van der Waals surface area contributed by atoms with Gasteiger partial charge in [-0.2, -0.15) is 0 Å². The fourth-order valence-corrected chi connectivity index (χ4v) is 3.31. The predicted octanol–water partition coefficient (Wildman–Crippen LogP) is 3.00. The molecule has 1 N–H and O–H groups in total. The highest BCUT2D eigenvalue weighted by atomic mass is 16.5. The van der Waals surface area contributed by atoms with Gasteiger partial charge in [-0.3, -0.25) is 14.3 Å². The van der Waals surface area contributed by atoms with E-state index >= 15 is 0 Å². The average molecular weight is 419 g/mol. The second-order valence-electron chi connectivity index (χ2n) is 7.14. The summed E-state index contributed by atoms with van der Waals surface area (Å²) < 4.78 is 14.0. The van der Waals surface area contributed by atoms with Gasteiger partial charge in [-0.25, -0.2) is 9.48 Å². The summed E-state index contributed by atoms with van der Waals surface area (Å²) >= 11 is 0. The van der Waals surface area contributed by atoms with Gasteiger partial charge in [0.2, 0.25) is 0 Å². The van der Waals surface area contributed by atoms with E-state index in [0.29, 0.717) is 22.7 Å². The van der Waals surface area contributed by atoms with Crippen molar-refractivity contribution in [2.75, 3.05) is 5.32 Å². The van der Waals surface area contributed by atoms with Crippen LogP contribution in [0.5, 0.6) is 5.75 Å². The molecule has 8 heteroatoms. The van der Waals surface area contributed by atoms with E-state index in [1.807, 2.05) is 30.3 Å². The molecular weight excluding hydrogens is 398 g/mol. The summed E-state index contributed by atoms with van der Waals surface area (Å²) in [6.45, 7) is 3.34. The number of nitrogens with zero attached hydrogens (tertiary/aromatic N) is 2. The van der Waals surface area contributed by atoms with E-state index in [2.05, 4.69) is 5.32 Å². The maximum absolute atomic E-state index is 13.0. The summed E-state index contributed by atoms with van der Waals surface area (Å²) in [6, 6.07) is 17.1. The van der Waals surface area contributed by atoms with Gasteiger partial charge >= 0.3 is 5.63 Å². The molecule has 4 aromatic rings. The van der Waals surface area contributed by atoms with Crippen molar-refractivity contribution < 1.29 is 13.9 Å². The van der Waals surface area contributed by atoms with Crippen LogP contribution in [0.4, 0.5) is 5.69 Å². The van der Waals surface area contributed by atoms with E-state index < -0.39 is 17.6 Å². The van der Waals surface area contributed by atoms with Crippen molar-refractivity contribution in [3.8, 4) is 11.4 Å². The molecule has 158 valence electrons. The monoisotopic (exact) mass is 419 g/mol. The molecule has 0 fully saturated rings. The molecule has 0 saturated heterocycles. The van der Waals surface area contributed by atoms with Gasteiger partial charge in [0.05, 0.1) is 11.4 Å². The third-order valence-electron chi connectivity index (χ3n) is 5.08. The molecule has 0 aliphatic rings. The highest BCUT2D eigenvalue weighted by Crippen LogP contribution is 2.21. The van der Waals surface area contributed by atoms with Crippen molar-refractivity contribution in [1.82, 2.24) is 9.36 Å². The van der Waals surface area contributed by atoms with Crippen molar-refractivity contribution in [3.05, 3.63) is 87.1 Å². The lowest BCUT2D eigenvalue weighted by atomic mass is 10.2. The van der Waals surface area contributed by atoms with E-state index in [4.69, 9.17) is 9.15 Å². The van der Waals surface area contributed by atoms with Crippen LogP contribution in [0.3, 0.4) is 0 Å². The zero-order chi connectivity index (χ0) is 22.1. The number of nitrogens with one attached hydrogen (secondary N) is 1. The number of hydrogen-bond donors (Lipinski definition) is 1. The zero-order valence-electron chi connectivity index (χ0n) is 17.3. The number of carbonyl (C=O) groups is 1. The molecule has 0 aliphatic heterocycles. The van der Waals surface area contributed by atoms with Crippen molar-refractivity contribution in [2.45, 2.75) is 20.0 Å². The normalized spacial score (nSPS) is 12.0. The predicted molar refractivity (Wildman–Crippen MR) is 117 cm³/mol. The molecule has 2 aromatic carbocycles. The van der Waals surface area contributed by atoms with Crippen molar-refractivity contribution in [1.29, 1.82) is 0 Å². The van der Waals surface area contributed by atoms with E-state index in [9.17, 15) is 14.4 Å². The molecule has 0 saturated carbocycles. The molecule has 1 atom stereocenters. The minimum Gasteiger partial charge on any atom is -0.481 e. The number of hydrogen-bond acceptors (Lipinski definition) is 5. The number of amides is 1. The van der Waals surface area contributed by atoms with Gasteiger partial charge in [0.15, 0.2) is 6.10 Å². The number of aromatic nitrogens is 2. The molecule has 2 heterocycles. The molecule has 1 amide bonds. The lowest BCUT2D eigenvalue weighted by Crippen LogP contribution is -2.32. The first-order valence-electron chi connectivity index (χ1n) is 9.70. The Morgan fingerprint density at radius 1 is 1.06 bits per heavy atom. The van der Waals surface area contributed by atoms with Crippen LogP contribution in [0.1, 0.15) is 12.6 Å². The van der Waals surface area contributed by atoms with Gasteiger partial charge in [0, 0.05) is 24.6 Å². The highest BCUT2D eigenvalue weighted by molar-refractivity contribution is 5.94. The van der Waals surface area contributed by atoms with E-state index in [1.54, 1.807) is 49.8 Å². The first-order valence-corrected chi connectivity index (χ1v) is 9.70. The van der Waals surface area contributed by atoms with Crippen LogP contribution in [0.25, 0.3) is 16.7 Å². The fourth-order valence-electron chi connectivity index (χ4n) is 3.31. The Balaban J connectivity index is 1.56. The highest BCUT2D eigenvalue weighted by Gasteiger charge is 2.22. The molecule has 0 spiro atoms. The number of rotatable bonds is 5. The second kappa shape index (κ2) is 7.98. The number of fused-ring (bicyclic) bond motifs is 1. The Bertz CT molecular complexity index is 1380. The quantitative estimate of drug-likeness (QED) is 0.502. The Hall–Kier alpha value is -4.07. The smallest absolute Gasteiger partial charge is 0.336 e. The largest absolute Gasteiger partial charge is 0.481 e. The maximum Gasteiger partial charge on any atom is 0.336 e. The van der Waals surface area contributed by atoms with Crippen LogP contribution < -0.4 is 21.2 Å². The van der Waals surface area contributed by atoms with Gasteiger partial charge in [-0.1, -0.05) is 18.2 Å². The number of carbonyl (C=O) groups excluding carboxylic acids is 1. The van der Waals surface area contributed by atoms with E-state index in [0.717, 1.165) is 5.39 Å². The summed E-state index contributed by atoms with van der Waals surface area (Å²) in [5.74, 6) is -0.100. The SMILES string of the molecule is Cc1c(NC(=O)[C@@H](C)Oc2ccc3ccc(=O)oc3c2)c(=O)n(-c2ccccc2)n1C. The number of benzene rings is 2. The third-order valence-corrected chi connectivity index (χ3v) is 5.08. The summed E-state index contributed by atoms with van der Waals surface area (Å²) in [5, 5.41) is 3.43.